The van der Waals surface area contributed by atoms with E-state index in [1.54, 1.807) is 0 Å². The van der Waals surface area contributed by atoms with Gasteiger partial charge in [-0.25, -0.2) is 0 Å². The molecule has 0 saturated heterocycles. The third kappa shape index (κ3) is 2.16. The molecular formula is C7H13NO. The smallest absolute Gasteiger partial charge is 0.0701 e. The van der Waals surface area contributed by atoms with Crippen LogP contribution in [0, 0.1) is 0 Å². The van der Waals surface area contributed by atoms with E-state index in [9.17, 15) is 0 Å². The highest BCUT2D eigenvalue weighted by atomic mass is 16.3. The lowest BCUT2D eigenvalue weighted by Crippen LogP contribution is -2.24. The summed E-state index contributed by atoms with van der Waals surface area (Å²) in [5, 5.41) is 12.3. The topological polar surface area (TPSA) is 32.3 Å². The summed E-state index contributed by atoms with van der Waals surface area (Å²) in [5.41, 5.74) is 1.28. The maximum Gasteiger partial charge on any atom is 0.0701 e. The molecule has 0 saturated carbocycles. The molecule has 1 atom stereocenters. The van der Waals surface area contributed by atoms with Crippen LogP contribution in [0.5, 0.6) is 0 Å². The Balaban J connectivity index is 2.44. The van der Waals surface area contributed by atoms with Gasteiger partial charge in [0.2, 0.25) is 0 Å². The summed E-state index contributed by atoms with van der Waals surface area (Å²) in [4.78, 5) is 0. The van der Waals surface area contributed by atoms with Crippen LogP contribution >= 0.6 is 0 Å². The molecule has 1 aliphatic rings. The lowest BCUT2D eigenvalue weighted by molar-refractivity contribution is 0.176. The summed E-state index contributed by atoms with van der Waals surface area (Å²) in [6, 6.07) is 0. The Morgan fingerprint density at radius 3 is 3.33 bits per heavy atom. The predicted molar refractivity (Wildman–Crippen MR) is 37.3 cm³/mol. The number of hydrogen-bond acceptors (Lipinski definition) is 2. The quantitative estimate of drug-likeness (QED) is 0.458. The zero-order chi connectivity index (χ0) is 6.69. The van der Waals surface area contributed by atoms with Gasteiger partial charge < -0.3 is 10.4 Å². The molecule has 9 heavy (non-hydrogen) atoms. The molecule has 0 spiro atoms. The van der Waals surface area contributed by atoms with Crippen LogP contribution in [0.3, 0.4) is 0 Å². The molecule has 1 aliphatic heterocycles. The number of β-amino-alcohol motifs (C(OH)–C–C–N with tert-alkyl or cyclic N) is 1. The molecule has 52 valence electrons. The first-order valence-corrected chi connectivity index (χ1v) is 3.33. The SMILES string of the molecule is CC1=CCNC[C@@H](O)C1. The minimum Gasteiger partial charge on any atom is -0.391 e. The van der Waals surface area contributed by atoms with E-state index in [4.69, 9.17) is 5.11 Å². The molecule has 2 nitrogen and oxygen atoms in total. The molecule has 0 radical (unpaired) electrons. The summed E-state index contributed by atoms with van der Waals surface area (Å²) in [6.45, 7) is 3.69. The van der Waals surface area contributed by atoms with E-state index < -0.39 is 0 Å². The van der Waals surface area contributed by atoms with Crippen molar-refractivity contribution in [1.82, 2.24) is 5.32 Å². The van der Waals surface area contributed by atoms with Crippen molar-refractivity contribution in [3.63, 3.8) is 0 Å². The average Bonchev–Trinajstić information content (AvgIpc) is 1.93. The van der Waals surface area contributed by atoms with Crippen molar-refractivity contribution < 1.29 is 5.11 Å². The van der Waals surface area contributed by atoms with Gasteiger partial charge in [0.15, 0.2) is 0 Å². The van der Waals surface area contributed by atoms with E-state index in [-0.39, 0.29) is 6.10 Å². The second kappa shape index (κ2) is 2.99. The van der Waals surface area contributed by atoms with Gasteiger partial charge in [0.25, 0.3) is 0 Å². The number of aliphatic hydroxyl groups excluding tert-OH is 1. The molecule has 0 aromatic rings. The Morgan fingerprint density at radius 1 is 1.78 bits per heavy atom. The van der Waals surface area contributed by atoms with Crippen LogP contribution in [0.4, 0.5) is 0 Å². The predicted octanol–water partition coefficient (Wildman–Crippen LogP) is 0.287. The fourth-order valence-corrected chi connectivity index (χ4v) is 1.02. The highest BCUT2D eigenvalue weighted by Crippen LogP contribution is 2.05. The zero-order valence-corrected chi connectivity index (χ0v) is 5.72. The van der Waals surface area contributed by atoms with E-state index in [2.05, 4.69) is 18.3 Å². The van der Waals surface area contributed by atoms with Gasteiger partial charge in [-0.3, -0.25) is 0 Å². The molecule has 0 aliphatic carbocycles. The number of hydrogen-bond donors (Lipinski definition) is 2. The Morgan fingerprint density at radius 2 is 2.56 bits per heavy atom. The minimum atomic E-state index is -0.177. The minimum absolute atomic E-state index is 0.177. The van der Waals surface area contributed by atoms with Gasteiger partial charge in [0, 0.05) is 13.1 Å². The molecule has 2 N–H and O–H groups in total. The van der Waals surface area contributed by atoms with Gasteiger partial charge in [-0.1, -0.05) is 11.6 Å². The van der Waals surface area contributed by atoms with E-state index in [1.165, 1.54) is 5.57 Å². The van der Waals surface area contributed by atoms with E-state index >= 15 is 0 Å². The highest BCUT2D eigenvalue weighted by molar-refractivity contribution is 5.03. The molecule has 1 rings (SSSR count). The van der Waals surface area contributed by atoms with Crippen LogP contribution in [0.1, 0.15) is 13.3 Å². The fraction of sp³-hybridized carbons (Fsp3) is 0.714. The first kappa shape index (κ1) is 6.78. The summed E-state index contributed by atoms with van der Waals surface area (Å²) >= 11 is 0. The largest absolute Gasteiger partial charge is 0.391 e. The molecule has 0 amide bonds. The summed E-state index contributed by atoms with van der Waals surface area (Å²) in [6.07, 6.45) is 2.77. The van der Waals surface area contributed by atoms with Gasteiger partial charge in [-0.05, 0) is 13.3 Å². The molecule has 0 unspecified atom stereocenters. The Kier molecular flexibility index (Phi) is 2.25. The zero-order valence-electron chi connectivity index (χ0n) is 5.72. The number of aliphatic hydroxyl groups is 1. The fourth-order valence-electron chi connectivity index (χ4n) is 1.02. The lowest BCUT2D eigenvalue weighted by atomic mass is 10.1. The van der Waals surface area contributed by atoms with Crippen LogP contribution in [-0.2, 0) is 0 Å². The van der Waals surface area contributed by atoms with Gasteiger partial charge >= 0.3 is 0 Å². The summed E-state index contributed by atoms with van der Waals surface area (Å²) < 4.78 is 0. The summed E-state index contributed by atoms with van der Waals surface area (Å²) in [7, 11) is 0. The third-order valence-corrected chi connectivity index (χ3v) is 1.53. The Labute approximate surface area is 55.6 Å². The maximum absolute atomic E-state index is 9.16. The molecule has 1 heterocycles. The molecule has 2 heteroatoms. The second-order valence-corrected chi connectivity index (χ2v) is 2.57. The third-order valence-electron chi connectivity index (χ3n) is 1.53. The molecule has 0 bridgehead atoms. The average molecular weight is 127 g/mol. The number of nitrogens with one attached hydrogen (secondary N) is 1. The first-order valence-electron chi connectivity index (χ1n) is 3.33. The van der Waals surface area contributed by atoms with Crippen molar-refractivity contribution in [2.24, 2.45) is 0 Å². The van der Waals surface area contributed by atoms with Crippen molar-refractivity contribution in [2.75, 3.05) is 13.1 Å². The second-order valence-electron chi connectivity index (χ2n) is 2.57. The molecule has 0 fully saturated rings. The van der Waals surface area contributed by atoms with E-state index in [1.807, 2.05) is 0 Å². The van der Waals surface area contributed by atoms with E-state index in [0.29, 0.717) is 0 Å². The maximum atomic E-state index is 9.16. The van der Waals surface area contributed by atoms with Crippen molar-refractivity contribution in [1.29, 1.82) is 0 Å². The summed E-state index contributed by atoms with van der Waals surface area (Å²) in [5.74, 6) is 0. The normalized spacial score (nSPS) is 29.1. The molecule has 0 aromatic carbocycles. The Hall–Kier alpha value is -0.340. The molecular weight excluding hydrogens is 114 g/mol. The lowest BCUT2D eigenvalue weighted by Gasteiger charge is -2.05. The van der Waals surface area contributed by atoms with Gasteiger partial charge in [0.05, 0.1) is 6.10 Å². The van der Waals surface area contributed by atoms with Crippen LogP contribution in [0.2, 0.25) is 0 Å². The number of rotatable bonds is 0. The van der Waals surface area contributed by atoms with Crippen molar-refractivity contribution in [3.8, 4) is 0 Å². The Bertz CT molecular complexity index is 120. The van der Waals surface area contributed by atoms with Crippen LogP contribution < -0.4 is 5.32 Å². The highest BCUT2D eigenvalue weighted by Gasteiger charge is 2.06. The first-order chi connectivity index (χ1) is 4.29. The molecule has 0 aromatic heterocycles. The van der Waals surface area contributed by atoms with Gasteiger partial charge in [0.1, 0.15) is 0 Å². The van der Waals surface area contributed by atoms with Gasteiger partial charge in [-0.15, -0.1) is 0 Å². The van der Waals surface area contributed by atoms with Crippen LogP contribution in [-0.4, -0.2) is 24.3 Å². The standard InChI is InChI=1S/C7H13NO/c1-6-2-3-8-5-7(9)4-6/h2,7-9H,3-5H2,1H3/t7-/m0/s1. The van der Waals surface area contributed by atoms with Crippen molar-refractivity contribution >= 4 is 0 Å². The van der Waals surface area contributed by atoms with E-state index in [0.717, 1.165) is 19.5 Å². The van der Waals surface area contributed by atoms with Crippen LogP contribution in [0.25, 0.3) is 0 Å². The van der Waals surface area contributed by atoms with Gasteiger partial charge in [-0.2, -0.15) is 0 Å². The van der Waals surface area contributed by atoms with Crippen molar-refractivity contribution in [2.45, 2.75) is 19.4 Å². The van der Waals surface area contributed by atoms with Crippen molar-refractivity contribution in [3.05, 3.63) is 11.6 Å². The van der Waals surface area contributed by atoms with Crippen LogP contribution in [0.15, 0.2) is 11.6 Å². The monoisotopic (exact) mass is 127 g/mol.